The van der Waals surface area contributed by atoms with E-state index in [1.54, 1.807) is 12.1 Å². The summed E-state index contributed by atoms with van der Waals surface area (Å²) >= 11 is 0. The van der Waals surface area contributed by atoms with Gasteiger partial charge in [0, 0.05) is 13.1 Å². The molecule has 0 bridgehead atoms. The van der Waals surface area contributed by atoms with Crippen LogP contribution in [0.25, 0.3) is 0 Å². The summed E-state index contributed by atoms with van der Waals surface area (Å²) in [6.45, 7) is 4.02. The lowest BCUT2D eigenvalue weighted by Gasteiger charge is -2.31. The number of halogens is 1. The molecule has 0 aromatic heterocycles. The number of benzene rings is 1. The molecule has 0 radical (unpaired) electrons. The number of carbonyl (C=O) groups is 1. The van der Waals surface area contributed by atoms with Gasteiger partial charge in [-0.1, -0.05) is 0 Å². The molecule has 1 amide bonds. The summed E-state index contributed by atoms with van der Waals surface area (Å²) in [5.41, 5.74) is 0. The standard InChI is InChI=1S/C16H23FN2O3/c17-14-1-3-15(4-2-14)22-12-11-19-9-6-13(7-10-19)5-8-18-16(20)21/h1-4,13,18H,5-12H2,(H,20,21). The minimum Gasteiger partial charge on any atom is -0.492 e. The molecular formula is C16H23FN2O3. The van der Waals surface area contributed by atoms with E-state index in [0.29, 0.717) is 24.8 Å². The van der Waals surface area contributed by atoms with Crippen molar-refractivity contribution in [2.45, 2.75) is 19.3 Å². The van der Waals surface area contributed by atoms with Gasteiger partial charge < -0.3 is 15.2 Å². The molecule has 1 aromatic carbocycles. The van der Waals surface area contributed by atoms with Gasteiger partial charge in [-0.3, -0.25) is 4.90 Å². The Morgan fingerprint density at radius 3 is 2.64 bits per heavy atom. The number of carboxylic acid groups (broad SMARTS) is 1. The summed E-state index contributed by atoms with van der Waals surface area (Å²) in [5.74, 6) is 1.03. The molecule has 0 aliphatic carbocycles. The zero-order chi connectivity index (χ0) is 15.8. The second-order valence-corrected chi connectivity index (χ2v) is 5.61. The highest BCUT2D eigenvalue weighted by molar-refractivity contribution is 5.64. The third-order valence-corrected chi connectivity index (χ3v) is 4.03. The molecule has 22 heavy (non-hydrogen) atoms. The Balaban J connectivity index is 1.57. The number of ether oxygens (including phenoxy) is 1. The van der Waals surface area contributed by atoms with E-state index in [1.807, 2.05) is 0 Å². The minimum absolute atomic E-state index is 0.258. The maximum absolute atomic E-state index is 12.8. The van der Waals surface area contributed by atoms with Gasteiger partial charge in [-0.2, -0.15) is 0 Å². The normalized spacial score (nSPS) is 16.4. The van der Waals surface area contributed by atoms with Crippen molar-refractivity contribution in [1.82, 2.24) is 10.2 Å². The quantitative estimate of drug-likeness (QED) is 0.812. The van der Waals surface area contributed by atoms with Crippen molar-refractivity contribution in [2.75, 3.05) is 32.8 Å². The Kier molecular flexibility index (Phi) is 6.45. The van der Waals surface area contributed by atoms with E-state index in [0.717, 1.165) is 38.9 Å². The zero-order valence-electron chi connectivity index (χ0n) is 12.6. The molecule has 2 rings (SSSR count). The van der Waals surface area contributed by atoms with Crippen molar-refractivity contribution in [3.63, 3.8) is 0 Å². The number of likely N-dealkylation sites (tertiary alicyclic amines) is 1. The molecule has 1 saturated heterocycles. The Morgan fingerprint density at radius 1 is 1.32 bits per heavy atom. The molecule has 1 aromatic rings. The van der Waals surface area contributed by atoms with Gasteiger partial charge >= 0.3 is 6.09 Å². The summed E-state index contributed by atoms with van der Waals surface area (Å²) in [7, 11) is 0. The summed E-state index contributed by atoms with van der Waals surface area (Å²) in [6.07, 6.45) is 2.15. The van der Waals surface area contributed by atoms with E-state index < -0.39 is 6.09 Å². The van der Waals surface area contributed by atoms with Crippen LogP contribution in [-0.4, -0.2) is 48.9 Å². The highest BCUT2D eigenvalue weighted by Crippen LogP contribution is 2.20. The van der Waals surface area contributed by atoms with Gasteiger partial charge in [0.2, 0.25) is 0 Å². The van der Waals surface area contributed by atoms with E-state index in [1.165, 1.54) is 12.1 Å². The first-order valence-electron chi connectivity index (χ1n) is 7.71. The fourth-order valence-corrected chi connectivity index (χ4v) is 2.71. The number of piperidine rings is 1. The maximum atomic E-state index is 12.8. The van der Waals surface area contributed by atoms with Crippen LogP contribution in [0.4, 0.5) is 9.18 Å². The van der Waals surface area contributed by atoms with E-state index in [9.17, 15) is 9.18 Å². The van der Waals surface area contributed by atoms with Crippen molar-refractivity contribution in [3.8, 4) is 5.75 Å². The largest absolute Gasteiger partial charge is 0.492 e. The zero-order valence-corrected chi connectivity index (χ0v) is 12.6. The lowest BCUT2D eigenvalue weighted by atomic mass is 9.93. The van der Waals surface area contributed by atoms with E-state index >= 15 is 0 Å². The van der Waals surface area contributed by atoms with Crippen molar-refractivity contribution >= 4 is 6.09 Å². The van der Waals surface area contributed by atoms with Crippen molar-refractivity contribution in [3.05, 3.63) is 30.1 Å². The molecule has 1 fully saturated rings. The van der Waals surface area contributed by atoms with Crippen molar-refractivity contribution in [1.29, 1.82) is 0 Å². The number of amides is 1. The van der Waals surface area contributed by atoms with Crippen LogP contribution < -0.4 is 10.1 Å². The van der Waals surface area contributed by atoms with Gasteiger partial charge in [0.25, 0.3) is 0 Å². The molecule has 0 spiro atoms. The predicted molar refractivity (Wildman–Crippen MR) is 81.7 cm³/mol. The molecule has 0 unspecified atom stereocenters. The molecule has 0 saturated carbocycles. The second kappa shape index (κ2) is 8.58. The number of rotatable bonds is 7. The van der Waals surface area contributed by atoms with Gasteiger partial charge in [-0.25, -0.2) is 9.18 Å². The first-order valence-corrected chi connectivity index (χ1v) is 7.71. The molecule has 1 aliphatic heterocycles. The molecule has 122 valence electrons. The Labute approximate surface area is 130 Å². The van der Waals surface area contributed by atoms with Gasteiger partial charge in [-0.05, 0) is 62.5 Å². The van der Waals surface area contributed by atoms with Crippen LogP contribution in [0.5, 0.6) is 5.75 Å². The second-order valence-electron chi connectivity index (χ2n) is 5.61. The lowest BCUT2D eigenvalue weighted by molar-refractivity contribution is 0.150. The Bertz CT molecular complexity index is 459. The molecule has 5 nitrogen and oxygen atoms in total. The van der Waals surface area contributed by atoms with Crippen LogP contribution in [0.15, 0.2) is 24.3 Å². The van der Waals surface area contributed by atoms with E-state index in [4.69, 9.17) is 9.84 Å². The van der Waals surface area contributed by atoms with Crippen LogP contribution in [0, 0.1) is 11.7 Å². The van der Waals surface area contributed by atoms with Crippen LogP contribution in [0.1, 0.15) is 19.3 Å². The third kappa shape index (κ3) is 5.89. The highest BCUT2D eigenvalue weighted by atomic mass is 19.1. The van der Waals surface area contributed by atoms with Crippen LogP contribution in [-0.2, 0) is 0 Å². The number of hydrogen-bond acceptors (Lipinski definition) is 3. The highest BCUT2D eigenvalue weighted by Gasteiger charge is 2.18. The minimum atomic E-state index is -0.949. The monoisotopic (exact) mass is 310 g/mol. The summed E-state index contributed by atoms with van der Waals surface area (Å²) in [5, 5.41) is 11.0. The smallest absolute Gasteiger partial charge is 0.404 e. The average molecular weight is 310 g/mol. The molecule has 2 N–H and O–H groups in total. The molecular weight excluding hydrogens is 287 g/mol. The van der Waals surface area contributed by atoms with Crippen molar-refractivity contribution in [2.24, 2.45) is 5.92 Å². The van der Waals surface area contributed by atoms with Crippen molar-refractivity contribution < 1.29 is 19.0 Å². The maximum Gasteiger partial charge on any atom is 0.404 e. The summed E-state index contributed by atoms with van der Waals surface area (Å²) < 4.78 is 18.4. The summed E-state index contributed by atoms with van der Waals surface area (Å²) in [4.78, 5) is 12.7. The molecule has 6 heteroatoms. The fraction of sp³-hybridized carbons (Fsp3) is 0.562. The van der Waals surface area contributed by atoms with E-state index in [-0.39, 0.29) is 5.82 Å². The Hall–Kier alpha value is -1.82. The average Bonchev–Trinajstić information content (AvgIpc) is 2.50. The predicted octanol–water partition coefficient (Wildman–Crippen LogP) is 2.57. The first-order chi connectivity index (χ1) is 10.6. The van der Waals surface area contributed by atoms with Gasteiger partial charge in [0.15, 0.2) is 0 Å². The molecule has 0 atom stereocenters. The van der Waals surface area contributed by atoms with E-state index in [2.05, 4.69) is 10.2 Å². The van der Waals surface area contributed by atoms with Crippen LogP contribution in [0.3, 0.4) is 0 Å². The number of hydrogen-bond donors (Lipinski definition) is 2. The van der Waals surface area contributed by atoms with Crippen LogP contribution in [0.2, 0.25) is 0 Å². The van der Waals surface area contributed by atoms with Gasteiger partial charge in [0.05, 0.1) is 0 Å². The fourth-order valence-electron chi connectivity index (χ4n) is 2.71. The van der Waals surface area contributed by atoms with Gasteiger partial charge in [0.1, 0.15) is 18.2 Å². The molecule has 1 heterocycles. The number of nitrogens with zero attached hydrogens (tertiary/aromatic N) is 1. The SMILES string of the molecule is O=C(O)NCCC1CCN(CCOc2ccc(F)cc2)CC1. The van der Waals surface area contributed by atoms with Crippen LogP contribution >= 0.6 is 0 Å². The lowest BCUT2D eigenvalue weighted by Crippen LogP contribution is -2.37. The third-order valence-electron chi connectivity index (χ3n) is 4.03. The Morgan fingerprint density at radius 2 is 2.00 bits per heavy atom. The number of nitrogens with one attached hydrogen (secondary N) is 1. The topological polar surface area (TPSA) is 61.8 Å². The first kappa shape index (κ1) is 16.5. The van der Waals surface area contributed by atoms with Gasteiger partial charge in [-0.15, -0.1) is 0 Å². The summed E-state index contributed by atoms with van der Waals surface area (Å²) in [6, 6.07) is 6.06. The molecule has 1 aliphatic rings.